The lowest BCUT2D eigenvalue weighted by molar-refractivity contribution is 0.628. The Bertz CT molecular complexity index is 1010. The number of aryl methyl sites for hydroxylation is 1. The Kier molecular flexibility index (Phi) is 6.16. The SMILES string of the molecule is CCCC1=CC=C=CC(CC)=C1c1nc(-c2cc(F)ccc2C)c(C)n1CC. The zero-order valence-electron chi connectivity index (χ0n) is 17.6. The first-order chi connectivity index (χ1) is 13.5. The maximum absolute atomic E-state index is 14.0. The monoisotopic (exact) mass is 376 g/mol. The van der Waals surface area contributed by atoms with Crippen molar-refractivity contribution < 1.29 is 4.39 Å². The first-order valence-corrected chi connectivity index (χ1v) is 10.2. The van der Waals surface area contributed by atoms with Gasteiger partial charge in [0.2, 0.25) is 0 Å². The number of hydrogen-bond acceptors (Lipinski definition) is 1. The van der Waals surface area contributed by atoms with Crippen molar-refractivity contribution >= 4 is 5.57 Å². The first kappa shape index (κ1) is 20.1. The third-order valence-electron chi connectivity index (χ3n) is 5.40. The number of allylic oxidation sites excluding steroid dienone is 5. The van der Waals surface area contributed by atoms with E-state index in [1.54, 1.807) is 6.07 Å². The van der Waals surface area contributed by atoms with Crippen LogP contribution in [0.3, 0.4) is 0 Å². The summed E-state index contributed by atoms with van der Waals surface area (Å²) in [7, 11) is 0. The van der Waals surface area contributed by atoms with Crippen molar-refractivity contribution in [2.75, 3.05) is 0 Å². The summed E-state index contributed by atoms with van der Waals surface area (Å²) in [6.07, 6.45) is 9.22. The van der Waals surface area contributed by atoms with Gasteiger partial charge in [-0.2, -0.15) is 0 Å². The number of hydrogen-bond donors (Lipinski definition) is 0. The van der Waals surface area contributed by atoms with Crippen molar-refractivity contribution in [3.8, 4) is 11.3 Å². The van der Waals surface area contributed by atoms with Crippen LogP contribution in [0.2, 0.25) is 0 Å². The molecule has 0 atom stereocenters. The maximum Gasteiger partial charge on any atom is 0.141 e. The Hall–Kier alpha value is -2.64. The lowest BCUT2D eigenvalue weighted by Gasteiger charge is -2.16. The molecule has 0 saturated heterocycles. The minimum atomic E-state index is -0.228. The number of rotatable bonds is 6. The van der Waals surface area contributed by atoms with Crippen LogP contribution < -0.4 is 0 Å². The molecule has 1 aliphatic carbocycles. The molecule has 0 aliphatic heterocycles. The Labute approximate surface area is 167 Å². The first-order valence-electron chi connectivity index (χ1n) is 10.2. The van der Waals surface area contributed by atoms with Gasteiger partial charge in [0, 0.05) is 23.4 Å². The molecule has 0 unspecified atom stereocenters. The smallest absolute Gasteiger partial charge is 0.141 e. The van der Waals surface area contributed by atoms with Gasteiger partial charge in [-0.15, -0.1) is 5.73 Å². The van der Waals surface area contributed by atoms with E-state index in [9.17, 15) is 4.39 Å². The van der Waals surface area contributed by atoms with Gasteiger partial charge in [0.25, 0.3) is 0 Å². The molecule has 2 nitrogen and oxygen atoms in total. The van der Waals surface area contributed by atoms with E-state index in [1.807, 2.05) is 19.1 Å². The van der Waals surface area contributed by atoms with Gasteiger partial charge in [0.15, 0.2) is 0 Å². The number of imidazole rings is 1. The molecular weight excluding hydrogens is 347 g/mol. The fraction of sp³-hybridized carbons (Fsp3) is 0.360. The Balaban J connectivity index is 2.28. The summed E-state index contributed by atoms with van der Waals surface area (Å²) in [5, 5.41) is 0. The van der Waals surface area contributed by atoms with E-state index in [4.69, 9.17) is 4.98 Å². The molecule has 1 aliphatic rings. The lowest BCUT2D eigenvalue weighted by atomic mass is 9.94. The van der Waals surface area contributed by atoms with Gasteiger partial charge in [-0.1, -0.05) is 32.4 Å². The van der Waals surface area contributed by atoms with Crippen LogP contribution in [-0.4, -0.2) is 9.55 Å². The highest BCUT2D eigenvalue weighted by Gasteiger charge is 2.22. The molecule has 1 aromatic carbocycles. The molecule has 1 aromatic heterocycles. The van der Waals surface area contributed by atoms with E-state index in [0.717, 1.165) is 54.1 Å². The zero-order valence-corrected chi connectivity index (χ0v) is 17.6. The second-order valence-corrected chi connectivity index (χ2v) is 7.25. The second kappa shape index (κ2) is 8.58. The van der Waals surface area contributed by atoms with E-state index >= 15 is 0 Å². The molecule has 28 heavy (non-hydrogen) atoms. The van der Waals surface area contributed by atoms with Gasteiger partial charge < -0.3 is 4.57 Å². The molecule has 3 rings (SSSR count). The average molecular weight is 377 g/mol. The number of nitrogens with zero attached hydrogens (tertiary/aromatic N) is 2. The fourth-order valence-electron chi connectivity index (χ4n) is 3.92. The van der Waals surface area contributed by atoms with Crippen molar-refractivity contribution in [1.29, 1.82) is 0 Å². The third kappa shape index (κ3) is 3.68. The highest BCUT2D eigenvalue weighted by molar-refractivity contribution is 5.83. The molecule has 0 radical (unpaired) electrons. The number of halogens is 1. The predicted molar refractivity (Wildman–Crippen MR) is 116 cm³/mol. The van der Waals surface area contributed by atoms with Crippen LogP contribution in [0.15, 0.2) is 53.3 Å². The molecule has 0 bridgehead atoms. The van der Waals surface area contributed by atoms with Crippen LogP contribution in [0.25, 0.3) is 16.8 Å². The summed E-state index contributed by atoms with van der Waals surface area (Å²) >= 11 is 0. The van der Waals surface area contributed by atoms with Crippen LogP contribution in [0.1, 0.15) is 57.1 Å². The van der Waals surface area contributed by atoms with E-state index in [-0.39, 0.29) is 5.82 Å². The van der Waals surface area contributed by atoms with Crippen LogP contribution in [0.5, 0.6) is 0 Å². The summed E-state index contributed by atoms with van der Waals surface area (Å²) in [5.41, 5.74) is 10.9. The zero-order chi connectivity index (χ0) is 20.3. The molecule has 1 heterocycles. The van der Waals surface area contributed by atoms with Crippen LogP contribution in [0.4, 0.5) is 4.39 Å². The number of aromatic nitrogens is 2. The normalized spacial score (nSPS) is 13.9. The fourth-order valence-corrected chi connectivity index (χ4v) is 3.92. The van der Waals surface area contributed by atoms with Gasteiger partial charge >= 0.3 is 0 Å². The van der Waals surface area contributed by atoms with Crippen LogP contribution >= 0.6 is 0 Å². The molecule has 2 aromatic rings. The molecular formula is C25H29FN2. The summed E-state index contributed by atoms with van der Waals surface area (Å²) in [4.78, 5) is 5.08. The molecule has 0 amide bonds. The van der Waals surface area contributed by atoms with Gasteiger partial charge in [0.1, 0.15) is 11.6 Å². The second-order valence-electron chi connectivity index (χ2n) is 7.25. The predicted octanol–water partition coefficient (Wildman–Crippen LogP) is 6.94. The standard InChI is InChI=1S/C25H29FN2/c1-6-11-20-13-10-9-12-19(7-2)23(20)25-27-24(18(5)28(25)8-3)22-16-21(26)15-14-17(22)4/h10,12-16H,6-8,11H2,1-5H3. The van der Waals surface area contributed by atoms with Gasteiger partial charge in [-0.25, -0.2) is 9.37 Å². The Morgan fingerprint density at radius 2 is 1.93 bits per heavy atom. The average Bonchev–Trinajstić information content (AvgIpc) is 2.87. The highest BCUT2D eigenvalue weighted by Crippen LogP contribution is 2.36. The van der Waals surface area contributed by atoms with Gasteiger partial charge in [-0.05, 0) is 74.6 Å². The molecule has 0 spiro atoms. The van der Waals surface area contributed by atoms with Gasteiger partial charge in [0.05, 0.1) is 5.69 Å². The summed E-state index contributed by atoms with van der Waals surface area (Å²) in [6, 6.07) is 4.93. The Morgan fingerprint density at radius 3 is 2.61 bits per heavy atom. The largest absolute Gasteiger partial charge is 0.328 e. The minimum Gasteiger partial charge on any atom is -0.328 e. The molecule has 3 heteroatoms. The molecule has 0 fully saturated rings. The lowest BCUT2D eigenvalue weighted by Crippen LogP contribution is -2.06. The minimum absolute atomic E-state index is 0.228. The number of benzene rings is 1. The molecule has 146 valence electrons. The molecule has 0 saturated carbocycles. The van der Waals surface area contributed by atoms with E-state index < -0.39 is 0 Å². The van der Waals surface area contributed by atoms with Crippen molar-refractivity contribution in [3.63, 3.8) is 0 Å². The van der Waals surface area contributed by atoms with E-state index in [2.05, 4.69) is 50.1 Å². The quantitative estimate of drug-likeness (QED) is 0.499. The van der Waals surface area contributed by atoms with Crippen LogP contribution in [0, 0.1) is 19.7 Å². The molecule has 0 N–H and O–H groups in total. The highest BCUT2D eigenvalue weighted by atomic mass is 19.1. The van der Waals surface area contributed by atoms with Crippen LogP contribution in [-0.2, 0) is 6.54 Å². The van der Waals surface area contributed by atoms with Gasteiger partial charge in [-0.3, -0.25) is 0 Å². The van der Waals surface area contributed by atoms with E-state index in [1.165, 1.54) is 22.8 Å². The topological polar surface area (TPSA) is 17.8 Å². The third-order valence-corrected chi connectivity index (χ3v) is 5.40. The summed E-state index contributed by atoms with van der Waals surface area (Å²) in [5.74, 6) is 0.748. The maximum atomic E-state index is 14.0. The van der Waals surface area contributed by atoms with Crippen molar-refractivity contribution in [1.82, 2.24) is 9.55 Å². The van der Waals surface area contributed by atoms with Crippen molar-refractivity contribution in [2.45, 2.75) is 60.4 Å². The van der Waals surface area contributed by atoms with Crippen molar-refractivity contribution in [3.05, 3.63) is 76.2 Å². The van der Waals surface area contributed by atoms with E-state index in [0.29, 0.717) is 0 Å². The summed E-state index contributed by atoms with van der Waals surface area (Å²) < 4.78 is 16.2. The summed E-state index contributed by atoms with van der Waals surface area (Å²) in [6.45, 7) is 11.4. The van der Waals surface area contributed by atoms with Crippen molar-refractivity contribution in [2.24, 2.45) is 0 Å². The Morgan fingerprint density at radius 1 is 1.14 bits per heavy atom.